The number of ketones is 1. The third-order valence-corrected chi connectivity index (χ3v) is 3.49. The lowest BCUT2D eigenvalue weighted by Gasteiger charge is -2.09. The smallest absolute Gasteiger partial charge is 0.321 e. The molecule has 0 saturated heterocycles. The molecule has 0 radical (unpaired) electrons. The van der Waals surface area contributed by atoms with Gasteiger partial charge in [0.2, 0.25) is 5.91 Å². The number of Topliss-reactive ketones (excluding diaryl/α,β-unsaturated/α-hetero) is 1. The van der Waals surface area contributed by atoms with E-state index in [2.05, 4.69) is 5.32 Å². The van der Waals surface area contributed by atoms with Gasteiger partial charge in [0.25, 0.3) is 0 Å². The van der Waals surface area contributed by atoms with Gasteiger partial charge in [0.05, 0.1) is 11.4 Å². The van der Waals surface area contributed by atoms with Crippen LogP contribution in [0.15, 0.2) is 24.3 Å². The molecule has 0 spiro atoms. The van der Waals surface area contributed by atoms with Crippen LogP contribution in [0.3, 0.4) is 0 Å². The van der Waals surface area contributed by atoms with Crippen LogP contribution in [0.2, 0.25) is 0 Å². The molecular formula is C13H16N2O4S. The number of nitrogens with one attached hydrogen (secondary N) is 1. The first-order chi connectivity index (χ1) is 9.41. The zero-order chi connectivity index (χ0) is 15.1. The first-order valence-electron chi connectivity index (χ1n) is 5.87. The van der Waals surface area contributed by atoms with Crippen LogP contribution in [0.25, 0.3) is 0 Å². The summed E-state index contributed by atoms with van der Waals surface area (Å²) in [5, 5.41) is 11.2. The summed E-state index contributed by atoms with van der Waals surface area (Å²) in [6.45, 7) is 1.42. The van der Waals surface area contributed by atoms with Crippen molar-refractivity contribution in [2.45, 2.75) is 13.0 Å². The standard InChI is InChI=1S/C13H16N2O4S/c1-8(16)9-4-2-3-5-11(9)15-12(17)7-20-6-10(14)13(18)19/h2-5,10H,6-7,14H2,1H3,(H,15,17)(H,18,19). The van der Waals surface area contributed by atoms with Gasteiger partial charge in [-0.3, -0.25) is 14.4 Å². The highest BCUT2D eigenvalue weighted by Crippen LogP contribution is 2.16. The van der Waals surface area contributed by atoms with Gasteiger partial charge in [-0.1, -0.05) is 12.1 Å². The number of nitrogens with two attached hydrogens (primary N) is 1. The van der Waals surface area contributed by atoms with E-state index in [-0.39, 0.29) is 23.2 Å². The van der Waals surface area contributed by atoms with Crippen LogP contribution in [0.5, 0.6) is 0 Å². The molecule has 1 atom stereocenters. The molecule has 0 bridgehead atoms. The van der Waals surface area contributed by atoms with Crippen molar-refractivity contribution in [1.29, 1.82) is 0 Å². The Labute approximate surface area is 120 Å². The molecule has 0 aliphatic heterocycles. The first-order valence-corrected chi connectivity index (χ1v) is 7.03. The number of hydrogen-bond donors (Lipinski definition) is 3. The fourth-order valence-corrected chi connectivity index (χ4v) is 2.21. The third-order valence-electron chi connectivity index (χ3n) is 2.43. The maximum absolute atomic E-state index is 11.7. The second-order valence-corrected chi connectivity index (χ2v) is 5.14. The van der Waals surface area contributed by atoms with Crippen molar-refractivity contribution in [3.05, 3.63) is 29.8 Å². The number of para-hydroxylation sites is 1. The molecule has 4 N–H and O–H groups in total. The van der Waals surface area contributed by atoms with Gasteiger partial charge in [0.15, 0.2) is 5.78 Å². The van der Waals surface area contributed by atoms with Crippen molar-refractivity contribution in [2.75, 3.05) is 16.8 Å². The summed E-state index contributed by atoms with van der Waals surface area (Å²) in [6, 6.07) is 5.72. The molecule has 20 heavy (non-hydrogen) atoms. The number of rotatable bonds is 7. The molecule has 6 nitrogen and oxygen atoms in total. The summed E-state index contributed by atoms with van der Waals surface area (Å²) >= 11 is 1.13. The Balaban J connectivity index is 2.51. The van der Waals surface area contributed by atoms with Gasteiger partial charge in [0.1, 0.15) is 6.04 Å². The molecule has 1 amide bonds. The van der Waals surface area contributed by atoms with E-state index in [4.69, 9.17) is 10.8 Å². The summed E-state index contributed by atoms with van der Waals surface area (Å²) in [7, 11) is 0. The minimum Gasteiger partial charge on any atom is -0.480 e. The number of aliphatic carboxylic acids is 1. The number of carboxylic acid groups (broad SMARTS) is 1. The molecule has 1 aromatic rings. The van der Waals surface area contributed by atoms with Crippen molar-refractivity contribution in [2.24, 2.45) is 5.73 Å². The Kier molecular flexibility index (Phi) is 6.20. The second kappa shape index (κ2) is 7.66. The summed E-state index contributed by atoms with van der Waals surface area (Å²) in [6.07, 6.45) is 0. The van der Waals surface area contributed by atoms with E-state index >= 15 is 0 Å². The number of amides is 1. The lowest BCUT2D eigenvalue weighted by Crippen LogP contribution is -2.33. The molecule has 0 aliphatic carbocycles. The predicted molar refractivity (Wildman–Crippen MR) is 78.0 cm³/mol. The highest BCUT2D eigenvalue weighted by atomic mass is 32.2. The molecular weight excluding hydrogens is 280 g/mol. The van der Waals surface area contributed by atoms with Gasteiger partial charge in [-0.25, -0.2) is 0 Å². The topological polar surface area (TPSA) is 109 Å². The monoisotopic (exact) mass is 296 g/mol. The highest BCUT2D eigenvalue weighted by Gasteiger charge is 2.13. The van der Waals surface area contributed by atoms with Crippen LogP contribution in [0.4, 0.5) is 5.69 Å². The minimum absolute atomic E-state index is 0.0766. The second-order valence-electron chi connectivity index (χ2n) is 4.11. The summed E-state index contributed by atoms with van der Waals surface area (Å²) in [5.74, 6) is -1.31. The highest BCUT2D eigenvalue weighted by molar-refractivity contribution is 8.00. The zero-order valence-corrected chi connectivity index (χ0v) is 11.8. The molecule has 0 fully saturated rings. The summed E-state index contributed by atoms with van der Waals surface area (Å²) < 4.78 is 0. The Morgan fingerprint density at radius 2 is 2.00 bits per heavy atom. The van der Waals surface area contributed by atoms with Gasteiger partial charge >= 0.3 is 5.97 Å². The van der Waals surface area contributed by atoms with Gasteiger partial charge in [-0.2, -0.15) is 0 Å². The Morgan fingerprint density at radius 3 is 2.60 bits per heavy atom. The van der Waals surface area contributed by atoms with Crippen molar-refractivity contribution in [1.82, 2.24) is 0 Å². The van der Waals surface area contributed by atoms with E-state index in [9.17, 15) is 14.4 Å². The van der Waals surface area contributed by atoms with Gasteiger partial charge in [-0.15, -0.1) is 11.8 Å². The maximum atomic E-state index is 11.7. The van der Waals surface area contributed by atoms with E-state index < -0.39 is 12.0 Å². The van der Waals surface area contributed by atoms with E-state index in [0.29, 0.717) is 11.3 Å². The SMILES string of the molecule is CC(=O)c1ccccc1NC(=O)CSCC(N)C(=O)O. The van der Waals surface area contributed by atoms with Crippen LogP contribution in [0.1, 0.15) is 17.3 Å². The van der Waals surface area contributed by atoms with Crippen LogP contribution < -0.4 is 11.1 Å². The van der Waals surface area contributed by atoms with Crippen LogP contribution in [-0.2, 0) is 9.59 Å². The van der Waals surface area contributed by atoms with Crippen molar-refractivity contribution in [3.63, 3.8) is 0 Å². The molecule has 0 heterocycles. The minimum atomic E-state index is -1.10. The van der Waals surface area contributed by atoms with Crippen LogP contribution in [0, 0.1) is 0 Å². The summed E-state index contributed by atoms with van der Waals surface area (Å²) in [4.78, 5) is 33.6. The van der Waals surface area contributed by atoms with E-state index in [1.54, 1.807) is 24.3 Å². The normalized spacial score (nSPS) is 11.7. The fraction of sp³-hybridized carbons (Fsp3) is 0.308. The Bertz CT molecular complexity index is 519. The number of carboxylic acids is 1. The largest absolute Gasteiger partial charge is 0.480 e. The molecule has 0 aliphatic rings. The predicted octanol–water partition coefficient (Wildman–Crippen LogP) is 0.973. The van der Waals surface area contributed by atoms with Crippen molar-refractivity contribution >= 4 is 35.1 Å². The number of benzene rings is 1. The Morgan fingerprint density at radius 1 is 1.35 bits per heavy atom. The Hall–Kier alpha value is -1.86. The number of hydrogen-bond acceptors (Lipinski definition) is 5. The zero-order valence-electron chi connectivity index (χ0n) is 11.0. The first kappa shape index (κ1) is 16.2. The van der Waals surface area contributed by atoms with Gasteiger partial charge in [0, 0.05) is 11.3 Å². The molecule has 0 aromatic heterocycles. The quantitative estimate of drug-likeness (QED) is 0.647. The summed E-state index contributed by atoms with van der Waals surface area (Å²) in [5.41, 5.74) is 6.21. The molecule has 0 saturated carbocycles. The average Bonchev–Trinajstić information content (AvgIpc) is 2.38. The number of anilines is 1. The third kappa shape index (κ3) is 5.02. The van der Waals surface area contributed by atoms with Crippen LogP contribution in [-0.4, -0.2) is 40.3 Å². The molecule has 1 aromatic carbocycles. The number of thioether (sulfide) groups is 1. The lowest BCUT2D eigenvalue weighted by molar-refractivity contribution is -0.137. The number of carbonyl (C=O) groups is 3. The molecule has 7 heteroatoms. The molecule has 1 rings (SSSR count). The van der Waals surface area contributed by atoms with E-state index in [0.717, 1.165) is 11.8 Å². The number of carbonyl (C=O) groups excluding carboxylic acids is 2. The van der Waals surface area contributed by atoms with E-state index in [1.807, 2.05) is 0 Å². The fourth-order valence-electron chi connectivity index (χ4n) is 1.44. The van der Waals surface area contributed by atoms with Gasteiger partial charge in [-0.05, 0) is 19.1 Å². The van der Waals surface area contributed by atoms with Crippen molar-refractivity contribution < 1.29 is 19.5 Å². The van der Waals surface area contributed by atoms with E-state index in [1.165, 1.54) is 6.92 Å². The maximum Gasteiger partial charge on any atom is 0.321 e. The molecule has 108 valence electrons. The molecule has 1 unspecified atom stereocenters. The lowest BCUT2D eigenvalue weighted by atomic mass is 10.1. The van der Waals surface area contributed by atoms with Gasteiger partial charge < -0.3 is 16.2 Å². The van der Waals surface area contributed by atoms with Crippen LogP contribution >= 0.6 is 11.8 Å². The average molecular weight is 296 g/mol. The van der Waals surface area contributed by atoms with Crippen molar-refractivity contribution in [3.8, 4) is 0 Å².